The van der Waals surface area contributed by atoms with Gasteiger partial charge in [-0.1, -0.05) is 26.7 Å². The summed E-state index contributed by atoms with van der Waals surface area (Å²) < 4.78 is 0. The van der Waals surface area contributed by atoms with Gasteiger partial charge in [0.05, 0.1) is 6.04 Å². The summed E-state index contributed by atoms with van der Waals surface area (Å²) in [5, 5.41) is 0. The minimum atomic E-state index is -0.371. The molecular formula is C15H31N3O. The van der Waals surface area contributed by atoms with E-state index >= 15 is 0 Å². The average molecular weight is 269 g/mol. The minimum Gasteiger partial charge on any atom is -0.337 e. The summed E-state index contributed by atoms with van der Waals surface area (Å²) >= 11 is 0. The molecule has 0 unspecified atom stereocenters. The Labute approximate surface area is 118 Å². The van der Waals surface area contributed by atoms with Crippen molar-refractivity contribution < 1.29 is 4.79 Å². The highest BCUT2D eigenvalue weighted by molar-refractivity contribution is 5.82. The van der Waals surface area contributed by atoms with Crippen molar-refractivity contribution in [1.29, 1.82) is 0 Å². The van der Waals surface area contributed by atoms with E-state index in [1.165, 1.54) is 19.3 Å². The number of rotatable bonds is 5. The normalized spacial score (nSPS) is 25.7. The van der Waals surface area contributed by atoms with Gasteiger partial charge in [-0.25, -0.2) is 0 Å². The smallest absolute Gasteiger partial charge is 0.240 e. The van der Waals surface area contributed by atoms with Crippen LogP contribution in [0, 0.1) is 5.92 Å². The van der Waals surface area contributed by atoms with E-state index in [4.69, 9.17) is 5.73 Å². The second-order valence-corrected chi connectivity index (χ2v) is 6.28. The second-order valence-electron chi connectivity index (χ2n) is 6.28. The summed E-state index contributed by atoms with van der Waals surface area (Å²) in [6, 6.07) is 0.424. The molecule has 0 aromatic heterocycles. The van der Waals surface area contributed by atoms with Crippen LogP contribution in [0.3, 0.4) is 0 Å². The Morgan fingerprint density at radius 2 is 1.74 bits per heavy atom. The molecule has 1 aliphatic carbocycles. The standard InChI is InChI=1S/C15H31N3O/c1-6-18(15(19)14(16)11(2)3)13-10-8-7-9-12(13)17(4)5/h11-14H,6-10,16H2,1-5H3/t12-,13-,14-/m0/s1. The molecule has 1 fully saturated rings. The summed E-state index contributed by atoms with van der Waals surface area (Å²) in [6.07, 6.45) is 4.77. The fourth-order valence-corrected chi connectivity index (χ4v) is 3.09. The van der Waals surface area contributed by atoms with E-state index in [9.17, 15) is 4.79 Å². The quantitative estimate of drug-likeness (QED) is 0.826. The van der Waals surface area contributed by atoms with Crippen LogP contribution in [0.25, 0.3) is 0 Å². The average Bonchev–Trinajstić information content (AvgIpc) is 2.38. The number of carbonyl (C=O) groups is 1. The molecule has 4 heteroatoms. The molecule has 1 saturated carbocycles. The first-order valence-corrected chi connectivity index (χ1v) is 7.62. The molecule has 0 saturated heterocycles. The first-order valence-electron chi connectivity index (χ1n) is 7.62. The lowest BCUT2D eigenvalue weighted by atomic mass is 9.87. The van der Waals surface area contributed by atoms with E-state index in [0.29, 0.717) is 12.1 Å². The third-order valence-corrected chi connectivity index (χ3v) is 4.38. The van der Waals surface area contributed by atoms with Crippen LogP contribution in [0.2, 0.25) is 0 Å². The third-order valence-electron chi connectivity index (χ3n) is 4.38. The van der Waals surface area contributed by atoms with Gasteiger partial charge in [-0.3, -0.25) is 4.79 Å². The Kier molecular flexibility index (Phi) is 6.27. The molecule has 0 aliphatic heterocycles. The van der Waals surface area contributed by atoms with Crippen molar-refractivity contribution >= 4 is 5.91 Å². The van der Waals surface area contributed by atoms with E-state index in [1.807, 2.05) is 18.7 Å². The van der Waals surface area contributed by atoms with Crippen LogP contribution >= 0.6 is 0 Å². The second kappa shape index (κ2) is 7.25. The van der Waals surface area contributed by atoms with Crippen LogP contribution < -0.4 is 5.73 Å². The zero-order valence-electron chi connectivity index (χ0n) is 13.2. The molecule has 19 heavy (non-hydrogen) atoms. The van der Waals surface area contributed by atoms with Gasteiger partial charge in [0.2, 0.25) is 5.91 Å². The molecule has 2 N–H and O–H groups in total. The highest BCUT2D eigenvalue weighted by Gasteiger charge is 2.35. The Balaban J connectivity index is 2.84. The van der Waals surface area contributed by atoms with Crippen molar-refractivity contribution in [2.24, 2.45) is 11.7 Å². The summed E-state index contributed by atoms with van der Waals surface area (Å²) in [6.45, 7) is 6.85. The maximum atomic E-state index is 12.6. The summed E-state index contributed by atoms with van der Waals surface area (Å²) in [5.41, 5.74) is 6.06. The van der Waals surface area contributed by atoms with Crippen molar-refractivity contribution in [3.63, 3.8) is 0 Å². The van der Waals surface area contributed by atoms with Crippen molar-refractivity contribution in [3.8, 4) is 0 Å². The van der Waals surface area contributed by atoms with Gasteiger partial charge in [0.25, 0.3) is 0 Å². The Bertz CT molecular complexity index is 291. The lowest BCUT2D eigenvalue weighted by molar-refractivity contribution is -0.137. The maximum Gasteiger partial charge on any atom is 0.240 e. The van der Waals surface area contributed by atoms with Gasteiger partial charge < -0.3 is 15.5 Å². The fraction of sp³-hybridized carbons (Fsp3) is 0.933. The number of carbonyl (C=O) groups excluding carboxylic acids is 1. The molecule has 0 aromatic carbocycles. The number of hydrogen-bond acceptors (Lipinski definition) is 3. The van der Waals surface area contributed by atoms with Gasteiger partial charge in [0.1, 0.15) is 0 Å². The largest absolute Gasteiger partial charge is 0.337 e. The van der Waals surface area contributed by atoms with Gasteiger partial charge in [-0.15, -0.1) is 0 Å². The van der Waals surface area contributed by atoms with E-state index < -0.39 is 0 Å². The maximum absolute atomic E-state index is 12.6. The Hall–Kier alpha value is -0.610. The molecule has 3 atom stereocenters. The van der Waals surface area contributed by atoms with Crippen molar-refractivity contribution in [1.82, 2.24) is 9.80 Å². The van der Waals surface area contributed by atoms with Gasteiger partial charge in [-0.2, -0.15) is 0 Å². The van der Waals surface area contributed by atoms with Gasteiger partial charge in [0.15, 0.2) is 0 Å². The third kappa shape index (κ3) is 3.93. The predicted octanol–water partition coefficient (Wildman–Crippen LogP) is 1.69. The molecule has 0 bridgehead atoms. The Morgan fingerprint density at radius 1 is 1.21 bits per heavy atom. The fourth-order valence-electron chi connectivity index (χ4n) is 3.09. The molecule has 4 nitrogen and oxygen atoms in total. The van der Waals surface area contributed by atoms with E-state index in [2.05, 4.69) is 25.9 Å². The highest BCUT2D eigenvalue weighted by Crippen LogP contribution is 2.26. The molecule has 1 rings (SSSR count). The summed E-state index contributed by atoms with van der Waals surface area (Å²) in [5.74, 6) is 0.319. The van der Waals surface area contributed by atoms with Crippen molar-refractivity contribution in [2.45, 2.75) is 64.6 Å². The van der Waals surface area contributed by atoms with Crippen LogP contribution in [0.1, 0.15) is 46.5 Å². The molecule has 0 heterocycles. The molecule has 1 aliphatic rings. The molecule has 1 amide bonds. The summed E-state index contributed by atoms with van der Waals surface area (Å²) in [7, 11) is 4.23. The topological polar surface area (TPSA) is 49.6 Å². The number of nitrogens with zero attached hydrogens (tertiary/aromatic N) is 2. The minimum absolute atomic E-state index is 0.122. The molecule has 0 aromatic rings. The predicted molar refractivity (Wildman–Crippen MR) is 79.9 cm³/mol. The van der Waals surface area contributed by atoms with Crippen LogP contribution in [0.5, 0.6) is 0 Å². The number of hydrogen-bond donors (Lipinski definition) is 1. The van der Waals surface area contributed by atoms with Crippen LogP contribution in [0.4, 0.5) is 0 Å². The van der Waals surface area contributed by atoms with Crippen molar-refractivity contribution in [3.05, 3.63) is 0 Å². The van der Waals surface area contributed by atoms with Gasteiger partial charge in [-0.05, 0) is 39.8 Å². The first kappa shape index (κ1) is 16.4. The van der Waals surface area contributed by atoms with Crippen molar-refractivity contribution in [2.75, 3.05) is 20.6 Å². The first-order chi connectivity index (χ1) is 8.90. The summed E-state index contributed by atoms with van der Waals surface area (Å²) in [4.78, 5) is 16.9. The Morgan fingerprint density at radius 3 is 2.16 bits per heavy atom. The van der Waals surface area contributed by atoms with E-state index in [1.54, 1.807) is 0 Å². The van der Waals surface area contributed by atoms with Crippen LogP contribution in [-0.2, 0) is 4.79 Å². The van der Waals surface area contributed by atoms with E-state index in [-0.39, 0.29) is 17.9 Å². The van der Waals surface area contributed by atoms with Gasteiger partial charge in [0, 0.05) is 18.6 Å². The molecule has 0 spiro atoms. The van der Waals surface area contributed by atoms with Crippen LogP contribution in [0.15, 0.2) is 0 Å². The lowest BCUT2D eigenvalue weighted by Crippen LogP contribution is -2.57. The van der Waals surface area contributed by atoms with Gasteiger partial charge >= 0.3 is 0 Å². The van der Waals surface area contributed by atoms with E-state index in [0.717, 1.165) is 13.0 Å². The number of likely N-dealkylation sites (N-methyl/N-ethyl adjacent to an activating group) is 2. The molecule has 112 valence electrons. The number of amides is 1. The van der Waals surface area contributed by atoms with Crippen LogP contribution in [-0.4, -0.2) is 54.5 Å². The zero-order valence-corrected chi connectivity index (χ0v) is 13.2. The lowest BCUT2D eigenvalue weighted by Gasteiger charge is -2.43. The SMILES string of the molecule is CCN(C(=O)[C@@H](N)C(C)C)[C@H]1CCCC[C@@H]1N(C)C. The monoisotopic (exact) mass is 269 g/mol. The number of nitrogens with two attached hydrogens (primary N) is 1. The highest BCUT2D eigenvalue weighted by atomic mass is 16.2. The molecule has 0 radical (unpaired) electrons. The molecular weight excluding hydrogens is 238 g/mol. The zero-order chi connectivity index (χ0) is 14.6.